The molecule has 1 aliphatic rings. The molecule has 0 aliphatic carbocycles. The zero-order chi connectivity index (χ0) is 90.0. The van der Waals surface area contributed by atoms with E-state index in [1.54, 1.807) is 27.7 Å². The molecule has 1 aliphatic heterocycles. The van der Waals surface area contributed by atoms with Crippen LogP contribution in [0.15, 0.2) is 61.1 Å². The van der Waals surface area contributed by atoms with Gasteiger partial charge >= 0.3 is 0 Å². The van der Waals surface area contributed by atoms with Gasteiger partial charge in [0.1, 0.15) is 84.0 Å². The number of imidazole rings is 1. The van der Waals surface area contributed by atoms with E-state index in [-0.39, 0.29) is 134 Å². The summed E-state index contributed by atoms with van der Waals surface area (Å²) in [6.45, 7) is 7.73. The van der Waals surface area contributed by atoms with Gasteiger partial charge in [0, 0.05) is 77.1 Å². The zero-order valence-corrected chi connectivity index (χ0v) is 68.5. The molecule has 45 heteroatoms. The standard InChI is InChI=1S/C76H119N27O18/c1-6-40(4)61-73(121)97-52(68(116)93-49(14-10-30-89-75(82)83)64(112)96-51(24-26-58(77)107)67(115)94-50(15-11-31-90-76(84)85)65(113)98-53(62(79)110)33-42-16-20-45(105)21-17-42)25-27-60(109)87-28-8-7-12-48(66(114)102-57(36-59(78)108)71(119)99-54(32-39(2)3)72(120)103-61)95-69(117)55(34-43-18-22-46(106)23-19-43)100-70(118)56(35-44-37-86-38-91-44)101-63(111)47(92-41(5)104)13-9-29-88-74(80)81/h16-23,37-40,47-57,61,105-106H,6-15,24-36H2,1-5H3,(H2,77,107)(H2,78,108)(H2,79,110)(H,86,91)(H,87,109)(H,92,104)(H,93,116)(H,94,115)(H,95,117)(H,96,112)(H,97,121)(H,98,113)(H,99,119)(H,100,118)(H,101,111)(H,102,114)(H,103,120)(H4,80,81,88)(H4,82,83,89)(H4,84,85,90)/t40-,47-,48-,49-,50-,51-,52-,53-,54-,55-,56-,57-,61-/m0/s1. The number of phenols is 2. The summed E-state index contributed by atoms with van der Waals surface area (Å²) in [4.78, 5) is 233. The molecule has 0 saturated carbocycles. The van der Waals surface area contributed by atoms with Crippen molar-refractivity contribution >= 4 is 112 Å². The lowest BCUT2D eigenvalue weighted by Gasteiger charge is -2.30. The molecule has 1 saturated heterocycles. The summed E-state index contributed by atoms with van der Waals surface area (Å²) in [6, 6.07) is -7.88. The number of amides is 16. The molecule has 16 amide bonds. The van der Waals surface area contributed by atoms with Crippen LogP contribution in [0.2, 0.25) is 0 Å². The summed E-state index contributed by atoms with van der Waals surface area (Å²) in [5.74, 6) is -18.2. The highest BCUT2D eigenvalue weighted by atomic mass is 16.3. The first-order chi connectivity index (χ1) is 57.2. The van der Waals surface area contributed by atoms with Crippen molar-refractivity contribution in [3.05, 3.63) is 77.9 Å². The Morgan fingerprint density at radius 2 is 0.983 bits per heavy atom. The van der Waals surface area contributed by atoms with Gasteiger partial charge in [-0.05, 0) is 124 Å². The molecular formula is C76H119N27O18. The number of carbonyl (C=O) groups is 16. The number of primary amides is 3. The van der Waals surface area contributed by atoms with Crippen molar-refractivity contribution in [2.45, 2.75) is 229 Å². The number of aromatic hydroxyl groups is 2. The van der Waals surface area contributed by atoms with Gasteiger partial charge in [0.25, 0.3) is 0 Å². The van der Waals surface area contributed by atoms with E-state index in [2.05, 4.69) is 95.0 Å². The smallest absolute Gasteiger partial charge is 0.243 e. The predicted octanol–water partition coefficient (Wildman–Crippen LogP) is -6.73. The van der Waals surface area contributed by atoms with Crippen molar-refractivity contribution in [1.82, 2.24) is 95.0 Å². The van der Waals surface area contributed by atoms with Crippen molar-refractivity contribution in [2.75, 3.05) is 26.2 Å². The van der Waals surface area contributed by atoms with Crippen LogP contribution in [-0.4, -0.2) is 231 Å². The molecule has 0 unspecified atom stereocenters. The molecule has 2 aromatic carbocycles. The van der Waals surface area contributed by atoms with Gasteiger partial charge in [0.05, 0.1) is 12.7 Å². The third-order valence-corrected chi connectivity index (χ3v) is 19.2. The van der Waals surface area contributed by atoms with Crippen LogP contribution in [-0.2, 0) is 96.0 Å². The minimum atomic E-state index is -1.87. The molecule has 4 rings (SSSR count). The summed E-state index contributed by atoms with van der Waals surface area (Å²) >= 11 is 0. The number of guanidine groups is 3. The molecule has 34 N–H and O–H groups in total. The van der Waals surface area contributed by atoms with Gasteiger partial charge in [-0.3, -0.25) is 92.9 Å². The number of hydrogen-bond acceptors (Lipinski definition) is 22. The van der Waals surface area contributed by atoms with Gasteiger partial charge in [-0.2, -0.15) is 0 Å². The minimum Gasteiger partial charge on any atom is -0.508 e. The Morgan fingerprint density at radius 1 is 0.521 bits per heavy atom. The number of nitrogens with zero attached hydrogens (tertiary/aromatic N) is 1. The lowest BCUT2D eigenvalue weighted by Crippen LogP contribution is -2.62. The summed E-state index contributed by atoms with van der Waals surface area (Å²) in [6.07, 6.45) is -1.59. The first kappa shape index (κ1) is 99.9. The lowest BCUT2D eigenvalue weighted by molar-refractivity contribution is -0.137. The number of rotatable bonds is 43. The van der Waals surface area contributed by atoms with Crippen LogP contribution in [0.3, 0.4) is 0 Å². The Labute approximate surface area is 698 Å². The van der Waals surface area contributed by atoms with Gasteiger partial charge in [0.15, 0.2) is 17.9 Å². The van der Waals surface area contributed by atoms with E-state index in [1.165, 1.54) is 68.0 Å². The summed E-state index contributed by atoms with van der Waals surface area (Å²) < 4.78 is 0. The number of benzene rings is 2. The Bertz CT molecular complexity index is 4060. The van der Waals surface area contributed by atoms with E-state index in [0.29, 0.717) is 16.8 Å². The van der Waals surface area contributed by atoms with Gasteiger partial charge in [-0.1, -0.05) is 58.4 Å². The highest BCUT2D eigenvalue weighted by Crippen LogP contribution is 2.18. The van der Waals surface area contributed by atoms with E-state index in [9.17, 15) is 77.3 Å². The second-order valence-electron chi connectivity index (χ2n) is 29.8. The summed E-state index contributed by atoms with van der Waals surface area (Å²) in [7, 11) is 0. The van der Waals surface area contributed by atoms with Crippen LogP contribution in [0.25, 0.3) is 0 Å². The van der Waals surface area contributed by atoms with Gasteiger partial charge < -0.3 is 135 Å². The molecular weight excluding hydrogens is 1580 g/mol. The van der Waals surface area contributed by atoms with Crippen LogP contribution in [0, 0.1) is 28.1 Å². The number of phenolic OH excluding ortho intramolecular Hbond substituents is 2. The average molecular weight is 1700 g/mol. The maximum atomic E-state index is 15.0. The average Bonchev–Trinajstić information content (AvgIpc) is 1.46. The number of aromatic nitrogens is 2. The van der Waals surface area contributed by atoms with Crippen molar-refractivity contribution in [3.63, 3.8) is 0 Å². The second-order valence-corrected chi connectivity index (χ2v) is 29.8. The minimum absolute atomic E-state index is 0.00919. The lowest BCUT2D eigenvalue weighted by atomic mass is 9.96. The Kier molecular flexibility index (Phi) is 42.7. The summed E-state index contributed by atoms with van der Waals surface area (Å²) in [5.41, 5.74) is 34.6. The normalized spacial score (nSPS) is 18.2. The topological polar surface area (TPSA) is 762 Å². The number of hydrogen-bond donors (Lipinski definition) is 28. The molecule has 0 spiro atoms. The monoisotopic (exact) mass is 1700 g/mol. The Hall–Kier alpha value is -13.4. The maximum Gasteiger partial charge on any atom is 0.243 e. The van der Waals surface area contributed by atoms with E-state index in [0.717, 1.165) is 0 Å². The molecule has 0 bridgehead atoms. The third kappa shape index (κ3) is 38.2. The van der Waals surface area contributed by atoms with Gasteiger partial charge in [-0.25, -0.2) is 4.98 Å². The van der Waals surface area contributed by atoms with Crippen LogP contribution < -0.4 is 119 Å². The van der Waals surface area contributed by atoms with E-state index < -0.39 is 223 Å². The molecule has 45 nitrogen and oxygen atoms in total. The quantitative estimate of drug-likeness (QED) is 0.0142. The number of H-pyrrole nitrogens is 1. The Morgan fingerprint density at radius 3 is 1.45 bits per heavy atom. The van der Waals surface area contributed by atoms with Crippen molar-refractivity contribution in [3.8, 4) is 11.5 Å². The molecule has 13 atom stereocenters. The van der Waals surface area contributed by atoms with E-state index >= 15 is 9.59 Å². The van der Waals surface area contributed by atoms with E-state index in [1.807, 2.05) is 0 Å². The fraction of sp³-hybridized carbons (Fsp3) is 0.553. The Balaban J connectivity index is 1.78. The van der Waals surface area contributed by atoms with Crippen LogP contribution in [0.5, 0.6) is 11.5 Å². The highest BCUT2D eigenvalue weighted by molar-refractivity contribution is 6.01. The number of aromatic amines is 1. The van der Waals surface area contributed by atoms with Crippen molar-refractivity contribution < 1.29 is 86.9 Å². The van der Waals surface area contributed by atoms with Crippen LogP contribution in [0.4, 0.5) is 0 Å². The molecule has 0 radical (unpaired) electrons. The van der Waals surface area contributed by atoms with Gasteiger partial charge in [0.2, 0.25) is 94.5 Å². The number of nitrogens with one attached hydrogen (secondary N) is 20. The van der Waals surface area contributed by atoms with Crippen LogP contribution in [0.1, 0.15) is 154 Å². The maximum absolute atomic E-state index is 15.0. The van der Waals surface area contributed by atoms with Crippen molar-refractivity contribution in [2.24, 2.45) is 46.2 Å². The predicted molar refractivity (Wildman–Crippen MR) is 439 cm³/mol. The van der Waals surface area contributed by atoms with Crippen LogP contribution >= 0.6 is 0 Å². The SMILES string of the molecule is CC[C@H](C)[C@@H]1NC(=O)[C@H](CC(C)C)NC(=O)[C@H](CC(N)=O)NC(=O)[C@@H](NC(=O)[C@H](Cc2ccc(O)cc2)NC(=O)[C@H](Cc2cnc[nH]2)NC(=O)[C@H](CCCNC(=N)N)NC(C)=O)CCCCNC(=O)CC[C@@H](C(=O)N[C@@H](CCCNC(=N)N)C(=O)N[C@@H](CCC(N)=O)C(=O)N[C@@H](CCCNC(=N)N)C(=O)N[C@@H](Cc2ccc(O)cc2)C(N)=O)NC1=O. The largest absolute Gasteiger partial charge is 0.508 e. The molecule has 666 valence electrons. The van der Waals surface area contributed by atoms with Gasteiger partial charge in [-0.15, -0.1) is 0 Å². The molecule has 2 heterocycles. The molecule has 121 heavy (non-hydrogen) atoms. The summed E-state index contributed by atoms with van der Waals surface area (Å²) in [5, 5.41) is 84.3. The highest BCUT2D eigenvalue weighted by Gasteiger charge is 2.39. The molecule has 1 fully saturated rings. The van der Waals surface area contributed by atoms with Crippen molar-refractivity contribution in [1.29, 1.82) is 16.2 Å². The number of carbonyl (C=O) groups excluding carboxylic acids is 16. The molecule has 1 aromatic heterocycles. The fourth-order valence-corrected chi connectivity index (χ4v) is 12.6. The zero-order valence-electron chi connectivity index (χ0n) is 68.5. The molecule has 3 aromatic rings. The third-order valence-electron chi connectivity index (χ3n) is 19.2. The fourth-order valence-electron chi connectivity index (χ4n) is 12.6. The number of nitrogens with two attached hydrogens (primary N) is 6. The first-order valence-electron chi connectivity index (χ1n) is 39.7. The van der Waals surface area contributed by atoms with E-state index in [4.69, 9.17) is 50.6 Å². The second kappa shape index (κ2) is 51.7. The first-order valence-corrected chi connectivity index (χ1v) is 39.7.